The lowest BCUT2D eigenvalue weighted by molar-refractivity contribution is 0.181. The zero-order valence-electron chi connectivity index (χ0n) is 16.3. The van der Waals surface area contributed by atoms with Crippen molar-refractivity contribution >= 4 is 23.4 Å². The van der Waals surface area contributed by atoms with Crippen LogP contribution in [0.15, 0.2) is 64.2 Å². The van der Waals surface area contributed by atoms with Gasteiger partial charge in [-0.25, -0.2) is 9.07 Å². The van der Waals surface area contributed by atoms with Crippen molar-refractivity contribution in [3.63, 3.8) is 0 Å². The highest BCUT2D eigenvalue weighted by Crippen LogP contribution is 2.31. The van der Waals surface area contributed by atoms with Gasteiger partial charge in [-0.05, 0) is 50.2 Å². The van der Waals surface area contributed by atoms with Crippen LogP contribution in [-0.2, 0) is 5.75 Å². The van der Waals surface area contributed by atoms with Crippen LogP contribution < -0.4 is 4.74 Å². The largest absolute Gasteiger partial charge is 0.481 e. The summed E-state index contributed by atoms with van der Waals surface area (Å²) in [6, 6.07) is 15.5. The minimum absolute atomic E-state index is 0.323. The Balaban J connectivity index is 1.42. The van der Waals surface area contributed by atoms with Gasteiger partial charge in [-0.3, -0.25) is 0 Å². The lowest BCUT2D eigenvalue weighted by atomic mass is 10.3. The molecule has 0 saturated carbocycles. The summed E-state index contributed by atoms with van der Waals surface area (Å²) in [7, 11) is 0. The molecule has 2 heterocycles. The summed E-state index contributed by atoms with van der Waals surface area (Å²) in [5, 5.41) is 13.6. The molecule has 0 unspecified atom stereocenters. The minimum atomic E-state index is -0.469. The summed E-state index contributed by atoms with van der Waals surface area (Å²) in [5.41, 5.74) is 2.64. The molecule has 30 heavy (non-hydrogen) atoms. The molecule has 0 bridgehead atoms. The van der Waals surface area contributed by atoms with Gasteiger partial charge >= 0.3 is 0 Å². The van der Waals surface area contributed by atoms with Gasteiger partial charge in [0, 0.05) is 11.3 Å². The molecule has 6 nitrogen and oxygen atoms in total. The van der Waals surface area contributed by atoms with Gasteiger partial charge in [0.1, 0.15) is 16.7 Å². The third-order valence-electron chi connectivity index (χ3n) is 4.36. The maximum absolute atomic E-state index is 13.0. The number of halogens is 2. The van der Waals surface area contributed by atoms with Crippen molar-refractivity contribution in [1.82, 2.24) is 20.0 Å². The fraction of sp³-hybridized carbons (Fsp3) is 0.190. The molecule has 0 aliphatic carbocycles. The molecule has 0 saturated heterocycles. The van der Waals surface area contributed by atoms with Gasteiger partial charge in [-0.1, -0.05) is 41.6 Å². The Morgan fingerprint density at radius 2 is 1.87 bits per heavy atom. The van der Waals surface area contributed by atoms with Crippen LogP contribution in [0.1, 0.15) is 30.2 Å². The minimum Gasteiger partial charge on any atom is -0.481 e. The first-order chi connectivity index (χ1) is 14.5. The zero-order valence-corrected chi connectivity index (χ0v) is 17.8. The number of para-hydroxylation sites is 1. The zero-order chi connectivity index (χ0) is 21.1. The van der Waals surface area contributed by atoms with Gasteiger partial charge < -0.3 is 9.15 Å². The number of hydrogen-bond acceptors (Lipinski definition) is 6. The highest BCUT2D eigenvalue weighted by Gasteiger charge is 2.19. The number of rotatable bonds is 7. The van der Waals surface area contributed by atoms with E-state index in [1.807, 2.05) is 37.3 Å². The fourth-order valence-electron chi connectivity index (χ4n) is 2.78. The maximum Gasteiger partial charge on any atom is 0.277 e. The summed E-state index contributed by atoms with van der Waals surface area (Å²) in [5.74, 6) is 1.07. The molecular formula is C21H18ClFN4O2S. The molecule has 154 valence electrons. The molecule has 1 atom stereocenters. The van der Waals surface area contributed by atoms with Crippen LogP contribution in [0.4, 0.5) is 4.39 Å². The van der Waals surface area contributed by atoms with Crippen molar-refractivity contribution in [2.75, 3.05) is 0 Å². The number of aryl methyl sites for hydroxylation is 1. The van der Waals surface area contributed by atoms with E-state index in [0.29, 0.717) is 27.8 Å². The third-order valence-corrected chi connectivity index (χ3v) is 5.59. The maximum atomic E-state index is 13.0. The fourth-order valence-corrected chi connectivity index (χ4v) is 4.05. The first kappa shape index (κ1) is 20.4. The standard InChI is InChI=1S/C21H18ClFN4O2S/c1-13-18(19(22)27(26-13)16-6-4-3-5-7-16)12-30-21-25-24-20(29-21)14(2)28-17-10-8-15(23)9-11-17/h3-11,14H,12H2,1-2H3/t14-/m1/s1. The SMILES string of the molecule is Cc1nn(-c2ccccc2)c(Cl)c1CSc1nnc([C@@H](C)Oc2ccc(F)cc2)o1. The van der Waals surface area contributed by atoms with Crippen LogP contribution in [0.25, 0.3) is 5.69 Å². The number of ether oxygens (including phenoxy) is 1. The molecule has 0 aliphatic heterocycles. The number of benzene rings is 2. The van der Waals surface area contributed by atoms with Crippen molar-refractivity contribution in [3.8, 4) is 11.4 Å². The van der Waals surface area contributed by atoms with Crippen LogP contribution in [0.2, 0.25) is 5.15 Å². The van der Waals surface area contributed by atoms with E-state index in [9.17, 15) is 4.39 Å². The molecule has 9 heteroatoms. The van der Waals surface area contributed by atoms with Gasteiger partial charge in [0.05, 0.1) is 11.4 Å². The van der Waals surface area contributed by atoms with Crippen molar-refractivity contribution < 1.29 is 13.5 Å². The number of nitrogens with zero attached hydrogens (tertiary/aromatic N) is 4. The van der Waals surface area contributed by atoms with Crippen molar-refractivity contribution in [3.05, 3.63) is 82.7 Å². The quantitative estimate of drug-likeness (QED) is 0.336. The normalized spacial score (nSPS) is 12.1. The number of hydrogen-bond donors (Lipinski definition) is 0. The van der Waals surface area contributed by atoms with Crippen LogP contribution in [-0.4, -0.2) is 20.0 Å². The van der Waals surface area contributed by atoms with Crippen LogP contribution in [0.3, 0.4) is 0 Å². The number of thioether (sulfide) groups is 1. The number of aromatic nitrogens is 4. The predicted molar refractivity (Wildman–Crippen MR) is 113 cm³/mol. The molecule has 4 rings (SSSR count). The van der Waals surface area contributed by atoms with Crippen LogP contribution in [0, 0.1) is 12.7 Å². The smallest absolute Gasteiger partial charge is 0.277 e. The Labute approximate surface area is 182 Å². The highest BCUT2D eigenvalue weighted by atomic mass is 35.5. The average molecular weight is 445 g/mol. The first-order valence-electron chi connectivity index (χ1n) is 9.19. The van der Waals surface area contributed by atoms with E-state index >= 15 is 0 Å². The van der Waals surface area contributed by atoms with E-state index < -0.39 is 6.10 Å². The Morgan fingerprint density at radius 3 is 2.60 bits per heavy atom. The van der Waals surface area contributed by atoms with Crippen molar-refractivity contribution in [2.24, 2.45) is 0 Å². The Hall–Kier alpha value is -2.84. The predicted octanol–water partition coefficient (Wildman–Crippen LogP) is 5.79. The van der Waals surface area contributed by atoms with E-state index in [2.05, 4.69) is 15.3 Å². The van der Waals surface area contributed by atoms with Gasteiger partial charge in [0.2, 0.25) is 0 Å². The van der Waals surface area contributed by atoms with Gasteiger partial charge in [-0.2, -0.15) is 5.10 Å². The second-order valence-corrected chi connectivity index (χ2v) is 7.80. The molecule has 0 spiro atoms. The van der Waals surface area contributed by atoms with Crippen LogP contribution in [0.5, 0.6) is 5.75 Å². The molecule has 2 aromatic carbocycles. The summed E-state index contributed by atoms with van der Waals surface area (Å²) in [6.07, 6.45) is -0.469. The summed E-state index contributed by atoms with van der Waals surface area (Å²) < 4.78 is 26.1. The highest BCUT2D eigenvalue weighted by molar-refractivity contribution is 7.98. The molecule has 2 aromatic heterocycles. The van der Waals surface area contributed by atoms with Crippen molar-refractivity contribution in [1.29, 1.82) is 0 Å². The Morgan fingerprint density at radius 1 is 1.13 bits per heavy atom. The monoisotopic (exact) mass is 444 g/mol. The first-order valence-corrected chi connectivity index (χ1v) is 10.6. The molecule has 4 aromatic rings. The third kappa shape index (κ3) is 4.49. The van der Waals surface area contributed by atoms with Crippen molar-refractivity contribution in [2.45, 2.75) is 30.9 Å². The second kappa shape index (κ2) is 8.89. The van der Waals surface area contributed by atoms with Crippen LogP contribution >= 0.6 is 23.4 Å². The van der Waals surface area contributed by atoms with E-state index in [0.717, 1.165) is 16.9 Å². The lowest BCUT2D eigenvalue weighted by Gasteiger charge is -2.10. The van der Waals surface area contributed by atoms with E-state index in [1.54, 1.807) is 23.7 Å². The summed E-state index contributed by atoms with van der Waals surface area (Å²) in [6.45, 7) is 3.70. The molecule has 0 amide bonds. The van der Waals surface area contributed by atoms with E-state index in [1.165, 1.54) is 23.9 Å². The molecule has 0 N–H and O–H groups in total. The Bertz CT molecular complexity index is 1130. The topological polar surface area (TPSA) is 66.0 Å². The Kier molecular flexibility index (Phi) is 6.06. The summed E-state index contributed by atoms with van der Waals surface area (Å²) >= 11 is 7.93. The van der Waals surface area contributed by atoms with Gasteiger partial charge in [-0.15, -0.1) is 10.2 Å². The molecular weight excluding hydrogens is 427 g/mol. The van der Waals surface area contributed by atoms with E-state index in [-0.39, 0.29) is 5.82 Å². The molecule has 0 radical (unpaired) electrons. The van der Waals surface area contributed by atoms with Gasteiger partial charge in [0.15, 0.2) is 6.10 Å². The van der Waals surface area contributed by atoms with Gasteiger partial charge in [0.25, 0.3) is 11.1 Å². The van der Waals surface area contributed by atoms with E-state index in [4.69, 9.17) is 20.8 Å². The molecule has 0 aliphatic rings. The summed E-state index contributed by atoms with van der Waals surface area (Å²) in [4.78, 5) is 0. The average Bonchev–Trinajstić information content (AvgIpc) is 3.33. The second-order valence-electron chi connectivity index (χ2n) is 6.51. The molecule has 0 fully saturated rings. The lowest BCUT2D eigenvalue weighted by Crippen LogP contribution is -2.03.